The van der Waals surface area contributed by atoms with Crippen LogP contribution in [0.3, 0.4) is 0 Å². The average molecular weight is 147 g/mol. The first-order valence-electron chi connectivity index (χ1n) is 3.04. The van der Waals surface area contributed by atoms with Gasteiger partial charge in [0.15, 0.2) is 0 Å². The molecule has 0 fully saturated rings. The van der Waals surface area contributed by atoms with Crippen molar-refractivity contribution in [3.05, 3.63) is 0 Å². The van der Waals surface area contributed by atoms with E-state index in [0.29, 0.717) is 6.54 Å². The van der Waals surface area contributed by atoms with E-state index in [1.165, 1.54) is 0 Å². The lowest BCUT2D eigenvalue weighted by Gasteiger charge is -2.21. The predicted octanol–water partition coefficient (Wildman–Crippen LogP) is -0.175. The molecular weight excluding hydrogens is 134 g/mol. The maximum Gasteiger partial charge on any atom is 0.329 e. The topological polar surface area (TPSA) is 72.5 Å². The molecular formula is C6H13NO3. The molecule has 0 saturated heterocycles. The molecule has 4 nitrogen and oxygen atoms in total. The van der Waals surface area contributed by atoms with Crippen LogP contribution < -0.4 is 5.73 Å². The second-order valence-corrected chi connectivity index (χ2v) is 2.65. The van der Waals surface area contributed by atoms with Gasteiger partial charge >= 0.3 is 5.97 Å². The Morgan fingerprint density at radius 3 is 2.50 bits per heavy atom. The van der Waals surface area contributed by atoms with Crippen LogP contribution in [0.15, 0.2) is 0 Å². The van der Waals surface area contributed by atoms with Crippen molar-refractivity contribution in [3.8, 4) is 0 Å². The first-order valence-corrected chi connectivity index (χ1v) is 3.04. The van der Waals surface area contributed by atoms with E-state index in [-0.39, 0.29) is 6.61 Å². The van der Waals surface area contributed by atoms with Crippen LogP contribution in [0.25, 0.3) is 0 Å². The maximum absolute atomic E-state index is 10.00. The highest BCUT2D eigenvalue weighted by atomic mass is 16.5. The van der Waals surface area contributed by atoms with E-state index in [0.717, 1.165) is 0 Å². The molecule has 3 N–H and O–H groups in total. The van der Waals surface area contributed by atoms with E-state index in [9.17, 15) is 4.79 Å². The number of hydrogen-bond acceptors (Lipinski definition) is 3. The van der Waals surface area contributed by atoms with Gasteiger partial charge in [0.05, 0.1) is 5.60 Å². The number of rotatable bonds is 4. The number of nitrogens with two attached hydrogens (primary N) is 1. The lowest BCUT2D eigenvalue weighted by Crippen LogP contribution is -2.35. The van der Waals surface area contributed by atoms with E-state index < -0.39 is 11.6 Å². The summed E-state index contributed by atoms with van der Waals surface area (Å²) in [5, 5.41) is 8.21. The normalized spacial score (nSPS) is 11.5. The van der Waals surface area contributed by atoms with Gasteiger partial charge in [-0.15, -0.1) is 0 Å². The summed E-state index contributed by atoms with van der Waals surface area (Å²) in [5.41, 5.74) is 4.75. The largest absolute Gasteiger partial charge is 0.480 e. The number of hydrogen-bond donors (Lipinski definition) is 2. The van der Waals surface area contributed by atoms with Gasteiger partial charge in [-0.1, -0.05) is 0 Å². The van der Waals surface area contributed by atoms with Crippen LogP contribution in [0, 0.1) is 0 Å². The van der Waals surface area contributed by atoms with Crippen molar-refractivity contribution in [2.45, 2.75) is 19.4 Å². The number of ether oxygens (including phenoxy) is 1. The Bertz CT molecular complexity index is 122. The summed E-state index contributed by atoms with van der Waals surface area (Å²) in [4.78, 5) is 10.00. The molecule has 0 radical (unpaired) electrons. The zero-order chi connectivity index (χ0) is 8.20. The first kappa shape index (κ1) is 9.39. The summed E-state index contributed by atoms with van der Waals surface area (Å²) in [7, 11) is 0. The van der Waals surface area contributed by atoms with Gasteiger partial charge in [-0.25, -0.2) is 4.79 Å². The van der Waals surface area contributed by atoms with Gasteiger partial charge in [-0.3, -0.25) is 0 Å². The highest BCUT2D eigenvalue weighted by molar-refractivity contribution is 5.68. The number of aliphatic carboxylic acids is 1. The predicted molar refractivity (Wildman–Crippen MR) is 36.7 cm³/mol. The molecule has 0 spiro atoms. The maximum atomic E-state index is 10.00. The zero-order valence-electron chi connectivity index (χ0n) is 6.26. The Morgan fingerprint density at radius 2 is 2.20 bits per heavy atom. The van der Waals surface area contributed by atoms with Crippen molar-refractivity contribution in [1.82, 2.24) is 0 Å². The molecule has 0 rings (SSSR count). The van der Waals surface area contributed by atoms with Crippen molar-refractivity contribution in [2.75, 3.05) is 13.2 Å². The fourth-order valence-electron chi connectivity index (χ4n) is 0.316. The monoisotopic (exact) mass is 147 g/mol. The number of carboxylic acids is 1. The quantitative estimate of drug-likeness (QED) is 0.578. The molecule has 0 aromatic heterocycles. The minimum atomic E-state index is -0.971. The Labute approximate surface area is 60.0 Å². The first-order chi connectivity index (χ1) is 4.48. The van der Waals surface area contributed by atoms with Crippen LogP contribution in [0.5, 0.6) is 0 Å². The van der Waals surface area contributed by atoms with Crippen LogP contribution >= 0.6 is 0 Å². The Hall–Kier alpha value is -0.610. The Morgan fingerprint density at radius 1 is 1.70 bits per heavy atom. The molecule has 0 aliphatic rings. The van der Waals surface area contributed by atoms with Crippen molar-refractivity contribution < 1.29 is 14.6 Å². The fourth-order valence-corrected chi connectivity index (χ4v) is 0.316. The lowest BCUT2D eigenvalue weighted by molar-refractivity contribution is -0.147. The Balaban J connectivity index is 3.56. The molecule has 0 aromatic carbocycles. The average Bonchev–Trinajstić information content (AvgIpc) is 1.85. The van der Waals surface area contributed by atoms with E-state index in [1.807, 2.05) is 0 Å². The minimum absolute atomic E-state index is 0.288. The minimum Gasteiger partial charge on any atom is -0.480 e. The van der Waals surface area contributed by atoms with Crippen LogP contribution in [-0.2, 0) is 9.53 Å². The van der Waals surface area contributed by atoms with Gasteiger partial charge in [-0.05, 0) is 13.8 Å². The van der Waals surface area contributed by atoms with Gasteiger partial charge in [0.1, 0.15) is 6.61 Å². The fraction of sp³-hybridized carbons (Fsp3) is 0.833. The lowest BCUT2D eigenvalue weighted by atomic mass is 10.1. The van der Waals surface area contributed by atoms with Crippen molar-refractivity contribution in [2.24, 2.45) is 5.73 Å². The molecule has 0 unspecified atom stereocenters. The molecule has 0 aliphatic carbocycles. The highest BCUT2D eigenvalue weighted by Crippen LogP contribution is 2.04. The molecule has 10 heavy (non-hydrogen) atoms. The SMILES string of the molecule is CC(C)(CN)OCC(=O)O. The van der Waals surface area contributed by atoms with E-state index in [1.54, 1.807) is 13.8 Å². The number of carboxylic acid groups (broad SMARTS) is 1. The molecule has 4 heteroatoms. The molecule has 0 amide bonds. The Kier molecular flexibility index (Phi) is 3.32. The van der Waals surface area contributed by atoms with Gasteiger partial charge in [0.25, 0.3) is 0 Å². The summed E-state index contributed by atoms with van der Waals surface area (Å²) in [5.74, 6) is -0.971. The number of carbonyl (C=O) groups is 1. The molecule has 0 saturated carbocycles. The van der Waals surface area contributed by atoms with Crippen molar-refractivity contribution in [1.29, 1.82) is 0 Å². The molecule has 60 valence electrons. The van der Waals surface area contributed by atoms with Crippen LogP contribution in [-0.4, -0.2) is 29.8 Å². The zero-order valence-corrected chi connectivity index (χ0v) is 6.26. The summed E-state index contributed by atoms with van der Waals surface area (Å²) < 4.78 is 4.92. The third-order valence-corrected chi connectivity index (χ3v) is 1.08. The molecule has 0 heterocycles. The van der Waals surface area contributed by atoms with Gasteiger partial charge in [0.2, 0.25) is 0 Å². The van der Waals surface area contributed by atoms with Crippen LogP contribution in [0.4, 0.5) is 0 Å². The van der Waals surface area contributed by atoms with Gasteiger partial charge in [-0.2, -0.15) is 0 Å². The summed E-state index contributed by atoms with van der Waals surface area (Å²) >= 11 is 0. The smallest absolute Gasteiger partial charge is 0.329 e. The molecule has 0 aliphatic heterocycles. The van der Waals surface area contributed by atoms with Crippen molar-refractivity contribution in [3.63, 3.8) is 0 Å². The van der Waals surface area contributed by atoms with Crippen LogP contribution in [0.1, 0.15) is 13.8 Å². The summed E-state index contributed by atoms with van der Waals surface area (Å²) in [6.07, 6.45) is 0. The van der Waals surface area contributed by atoms with Gasteiger partial charge in [0, 0.05) is 6.54 Å². The molecule has 0 aromatic rings. The van der Waals surface area contributed by atoms with E-state index in [2.05, 4.69) is 0 Å². The van der Waals surface area contributed by atoms with Gasteiger partial charge < -0.3 is 15.6 Å². The molecule has 0 bridgehead atoms. The standard InChI is InChI=1S/C6H13NO3/c1-6(2,4-7)10-3-5(8)9/h3-4,7H2,1-2H3,(H,8,9). The highest BCUT2D eigenvalue weighted by Gasteiger charge is 2.16. The molecule has 0 atom stereocenters. The van der Waals surface area contributed by atoms with Crippen molar-refractivity contribution >= 4 is 5.97 Å². The summed E-state index contributed by atoms with van der Waals surface area (Å²) in [6.45, 7) is 3.52. The van der Waals surface area contributed by atoms with E-state index in [4.69, 9.17) is 15.6 Å². The van der Waals surface area contributed by atoms with Crippen LogP contribution in [0.2, 0.25) is 0 Å². The third-order valence-electron chi connectivity index (χ3n) is 1.08. The second kappa shape index (κ2) is 3.53. The second-order valence-electron chi connectivity index (χ2n) is 2.65. The van der Waals surface area contributed by atoms with E-state index >= 15 is 0 Å². The summed E-state index contributed by atoms with van der Waals surface area (Å²) in [6, 6.07) is 0. The third kappa shape index (κ3) is 4.29.